The molecule has 0 spiro atoms. The molecule has 2 heteroatoms. The van der Waals surface area contributed by atoms with Crippen LogP contribution in [0.5, 0.6) is 0 Å². The SMILES string of the molecule is Cc1ccc(F)c2c1CNC(CC(C)C)C2. The molecular formula is C14H20FN. The van der Waals surface area contributed by atoms with Crippen molar-refractivity contribution in [3.63, 3.8) is 0 Å². The van der Waals surface area contributed by atoms with Gasteiger partial charge in [-0.1, -0.05) is 19.9 Å². The van der Waals surface area contributed by atoms with E-state index in [1.165, 1.54) is 11.1 Å². The predicted molar refractivity (Wildman–Crippen MR) is 64.9 cm³/mol. The van der Waals surface area contributed by atoms with Gasteiger partial charge >= 0.3 is 0 Å². The number of hydrogen-bond acceptors (Lipinski definition) is 1. The molecule has 1 atom stereocenters. The van der Waals surface area contributed by atoms with Crippen LogP contribution in [0.25, 0.3) is 0 Å². The minimum Gasteiger partial charge on any atom is -0.310 e. The molecule has 1 aliphatic rings. The van der Waals surface area contributed by atoms with Crippen LogP contribution in [0.4, 0.5) is 4.39 Å². The van der Waals surface area contributed by atoms with Crippen molar-refractivity contribution in [3.05, 3.63) is 34.6 Å². The third-order valence-corrected chi connectivity index (χ3v) is 3.38. The molecule has 0 fully saturated rings. The molecule has 0 amide bonds. The average Bonchev–Trinajstić information content (AvgIpc) is 2.23. The Bertz CT molecular complexity index is 385. The minimum atomic E-state index is -0.0316. The molecule has 0 bridgehead atoms. The van der Waals surface area contributed by atoms with E-state index < -0.39 is 0 Å². The van der Waals surface area contributed by atoms with Crippen molar-refractivity contribution >= 4 is 0 Å². The quantitative estimate of drug-likeness (QED) is 0.808. The number of halogens is 1. The zero-order chi connectivity index (χ0) is 11.7. The lowest BCUT2D eigenvalue weighted by Crippen LogP contribution is -2.37. The molecule has 0 saturated heterocycles. The molecule has 1 heterocycles. The van der Waals surface area contributed by atoms with Gasteiger partial charge in [-0.3, -0.25) is 0 Å². The Morgan fingerprint density at radius 2 is 2.12 bits per heavy atom. The zero-order valence-corrected chi connectivity index (χ0v) is 10.3. The van der Waals surface area contributed by atoms with Gasteiger partial charge in [0.05, 0.1) is 0 Å². The van der Waals surface area contributed by atoms with E-state index >= 15 is 0 Å². The van der Waals surface area contributed by atoms with Gasteiger partial charge in [-0.2, -0.15) is 0 Å². The fourth-order valence-corrected chi connectivity index (χ4v) is 2.55. The van der Waals surface area contributed by atoms with E-state index in [1.807, 2.05) is 6.07 Å². The molecule has 1 unspecified atom stereocenters. The van der Waals surface area contributed by atoms with Gasteiger partial charge in [0.15, 0.2) is 0 Å². The summed E-state index contributed by atoms with van der Waals surface area (Å²) in [5.74, 6) is 0.628. The second kappa shape index (κ2) is 4.54. The summed E-state index contributed by atoms with van der Waals surface area (Å²) < 4.78 is 13.7. The standard InChI is InChI=1S/C14H20FN/c1-9(2)6-11-7-12-13(8-16-11)10(3)4-5-14(12)15/h4-5,9,11,16H,6-8H2,1-3H3. The van der Waals surface area contributed by atoms with E-state index in [1.54, 1.807) is 6.07 Å². The van der Waals surface area contributed by atoms with Gasteiger partial charge in [0, 0.05) is 12.6 Å². The summed E-state index contributed by atoms with van der Waals surface area (Å²) in [6.07, 6.45) is 1.95. The van der Waals surface area contributed by atoms with Gasteiger partial charge in [0.1, 0.15) is 5.82 Å². The molecule has 0 radical (unpaired) electrons. The van der Waals surface area contributed by atoms with Crippen LogP contribution < -0.4 is 5.32 Å². The van der Waals surface area contributed by atoms with Gasteiger partial charge in [0.25, 0.3) is 0 Å². The lowest BCUT2D eigenvalue weighted by Gasteiger charge is -2.28. The molecule has 16 heavy (non-hydrogen) atoms. The smallest absolute Gasteiger partial charge is 0.126 e. The zero-order valence-electron chi connectivity index (χ0n) is 10.3. The van der Waals surface area contributed by atoms with Crippen LogP contribution in [0.3, 0.4) is 0 Å². The van der Waals surface area contributed by atoms with Crippen molar-refractivity contribution in [2.45, 2.75) is 46.2 Å². The Morgan fingerprint density at radius 3 is 2.81 bits per heavy atom. The maximum absolute atomic E-state index is 13.7. The molecule has 1 aromatic carbocycles. The van der Waals surface area contributed by atoms with Crippen LogP contribution in [0.2, 0.25) is 0 Å². The van der Waals surface area contributed by atoms with Crippen LogP contribution in [0.1, 0.15) is 37.0 Å². The summed E-state index contributed by atoms with van der Waals surface area (Å²) in [7, 11) is 0. The third-order valence-electron chi connectivity index (χ3n) is 3.38. The topological polar surface area (TPSA) is 12.0 Å². The van der Waals surface area contributed by atoms with Gasteiger partial charge in [-0.05, 0) is 48.4 Å². The summed E-state index contributed by atoms with van der Waals surface area (Å²) in [5, 5.41) is 3.51. The Kier molecular flexibility index (Phi) is 3.29. The molecular weight excluding hydrogens is 201 g/mol. The summed E-state index contributed by atoms with van der Waals surface area (Å²) in [6, 6.07) is 3.91. The monoisotopic (exact) mass is 221 g/mol. The lowest BCUT2D eigenvalue weighted by atomic mass is 9.89. The highest BCUT2D eigenvalue weighted by molar-refractivity contribution is 5.37. The van der Waals surface area contributed by atoms with Crippen LogP contribution in [-0.4, -0.2) is 6.04 Å². The molecule has 1 aliphatic heterocycles. The van der Waals surface area contributed by atoms with Crippen molar-refractivity contribution < 1.29 is 4.39 Å². The van der Waals surface area contributed by atoms with Crippen molar-refractivity contribution in [2.24, 2.45) is 5.92 Å². The van der Waals surface area contributed by atoms with Gasteiger partial charge in [-0.15, -0.1) is 0 Å². The van der Waals surface area contributed by atoms with Gasteiger partial charge in [-0.25, -0.2) is 4.39 Å². The Balaban J connectivity index is 2.23. The van der Waals surface area contributed by atoms with Crippen LogP contribution in [-0.2, 0) is 13.0 Å². The second-order valence-electron chi connectivity index (χ2n) is 5.23. The van der Waals surface area contributed by atoms with Gasteiger partial charge in [0.2, 0.25) is 0 Å². The highest BCUT2D eigenvalue weighted by Crippen LogP contribution is 2.25. The first-order chi connectivity index (χ1) is 7.58. The fourth-order valence-electron chi connectivity index (χ4n) is 2.55. The number of benzene rings is 1. The number of nitrogens with one attached hydrogen (secondary N) is 1. The van der Waals surface area contributed by atoms with Crippen molar-refractivity contribution in [2.75, 3.05) is 0 Å². The van der Waals surface area contributed by atoms with E-state index in [4.69, 9.17) is 0 Å². The number of rotatable bonds is 2. The predicted octanol–water partition coefficient (Wildman–Crippen LogP) is 3.19. The average molecular weight is 221 g/mol. The maximum atomic E-state index is 13.7. The van der Waals surface area contributed by atoms with Crippen molar-refractivity contribution in [1.82, 2.24) is 5.32 Å². The van der Waals surface area contributed by atoms with Gasteiger partial charge < -0.3 is 5.32 Å². The first kappa shape index (κ1) is 11.6. The highest BCUT2D eigenvalue weighted by Gasteiger charge is 2.22. The molecule has 1 aromatic rings. The Labute approximate surface area is 97.1 Å². The second-order valence-corrected chi connectivity index (χ2v) is 5.23. The maximum Gasteiger partial charge on any atom is 0.126 e. The third kappa shape index (κ3) is 2.27. The number of fused-ring (bicyclic) bond motifs is 1. The lowest BCUT2D eigenvalue weighted by molar-refractivity contribution is 0.390. The van der Waals surface area contributed by atoms with Crippen molar-refractivity contribution in [1.29, 1.82) is 0 Å². The van der Waals surface area contributed by atoms with E-state index in [2.05, 4.69) is 26.1 Å². The summed E-state index contributed by atoms with van der Waals surface area (Å²) in [6.45, 7) is 7.30. The molecule has 0 saturated carbocycles. The largest absolute Gasteiger partial charge is 0.310 e. The summed E-state index contributed by atoms with van der Waals surface area (Å²) in [4.78, 5) is 0. The first-order valence-corrected chi connectivity index (χ1v) is 6.08. The molecule has 1 nitrogen and oxygen atoms in total. The van der Waals surface area contributed by atoms with E-state index in [0.29, 0.717) is 12.0 Å². The Morgan fingerprint density at radius 1 is 1.38 bits per heavy atom. The summed E-state index contributed by atoms with van der Waals surface area (Å²) >= 11 is 0. The minimum absolute atomic E-state index is 0.0316. The number of hydrogen-bond donors (Lipinski definition) is 1. The van der Waals surface area contributed by atoms with Crippen LogP contribution in [0.15, 0.2) is 12.1 Å². The van der Waals surface area contributed by atoms with E-state index in [9.17, 15) is 4.39 Å². The van der Waals surface area contributed by atoms with Crippen LogP contribution in [0, 0.1) is 18.7 Å². The molecule has 0 aromatic heterocycles. The normalized spacial score (nSPS) is 19.9. The first-order valence-electron chi connectivity index (χ1n) is 6.08. The van der Waals surface area contributed by atoms with E-state index in [0.717, 1.165) is 24.9 Å². The summed E-state index contributed by atoms with van der Waals surface area (Å²) in [5.41, 5.74) is 3.30. The van der Waals surface area contributed by atoms with E-state index in [-0.39, 0.29) is 5.82 Å². The number of aryl methyl sites for hydroxylation is 1. The Hall–Kier alpha value is -0.890. The van der Waals surface area contributed by atoms with Crippen molar-refractivity contribution in [3.8, 4) is 0 Å². The van der Waals surface area contributed by atoms with Crippen LogP contribution >= 0.6 is 0 Å². The molecule has 2 rings (SSSR count). The highest BCUT2D eigenvalue weighted by atomic mass is 19.1. The fraction of sp³-hybridized carbons (Fsp3) is 0.571. The molecule has 1 N–H and O–H groups in total. The molecule has 0 aliphatic carbocycles. The molecule has 88 valence electrons.